The zero-order valence-electron chi connectivity index (χ0n) is 11.5. The van der Waals surface area contributed by atoms with E-state index in [4.69, 9.17) is 9.47 Å². The van der Waals surface area contributed by atoms with Crippen LogP contribution in [0.2, 0.25) is 0 Å². The summed E-state index contributed by atoms with van der Waals surface area (Å²) < 4.78 is 23.6. The van der Waals surface area contributed by atoms with Crippen molar-refractivity contribution in [2.24, 2.45) is 0 Å². The van der Waals surface area contributed by atoms with Gasteiger partial charge in [0.25, 0.3) is 0 Å². The molecule has 1 N–H and O–H groups in total. The van der Waals surface area contributed by atoms with Crippen molar-refractivity contribution in [3.05, 3.63) is 24.0 Å². The van der Waals surface area contributed by atoms with Crippen LogP contribution >= 0.6 is 0 Å². The van der Waals surface area contributed by atoms with E-state index < -0.39 is 5.82 Å². The van der Waals surface area contributed by atoms with Crippen molar-refractivity contribution in [1.82, 2.24) is 0 Å². The predicted molar refractivity (Wildman–Crippen MR) is 71.9 cm³/mol. The number of rotatable bonds is 7. The van der Waals surface area contributed by atoms with Crippen LogP contribution in [0.4, 0.5) is 10.1 Å². The molecular weight excluding hydrogens is 249 g/mol. The van der Waals surface area contributed by atoms with Gasteiger partial charge in [0.1, 0.15) is 0 Å². The van der Waals surface area contributed by atoms with E-state index in [0.717, 1.165) is 0 Å². The van der Waals surface area contributed by atoms with Crippen LogP contribution < -0.4 is 10.1 Å². The molecule has 19 heavy (non-hydrogen) atoms. The van der Waals surface area contributed by atoms with Crippen LogP contribution in [-0.2, 0) is 9.53 Å². The van der Waals surface area contributed by atoms with Crippen LogP contribution in [0.3, 0.4) is 0 Å². The highest BCUT2D eigenvalue weighted by Gasteiger charge is 2.11. The monoisotopic (exact) mass is 269 g/mol. The van der Waals surface area contributed by atoms with Crippen molar-refractivity contribution in [2.45, 2.75) is 33.2 Å². The lowest BCUT2D eigenvalue weighted by molar-refractivity contribution is -0.143. The third kappa shape index (κ3) is 5.16. The summed E-state index contributed by atoms with van der Waals surface area (Å²) in [6, 6.07) is 4.51. The first-order chi connectivity index (χ1) is 9.06. The highest BCUT2D eigenvalue weighted by atomic mass is 19.1. The molecule has 0 bridgehead atoms. The third-order valence-corrected chi connectivity index (χ3v) is 2.42. The summed E-state index contributed by atoms with van der Waals surface area (Å²) in [7, 11) is 0. The van der Waals surface area contributed by atoms with Crippen LogP contribution in [0.5, 0.6) is 5.75 Å². The topological polar surface area (TPSA) is 47.6 Å². The molecule has 0 saturated carbocycles. The number of hydrogen-bond donors (Lipinski definition) is 1. The van der Waals surface area contributed by atoms with Crippen molar-refractivity contribution >= 4 is 11.7 Å². The number of carbonyl (C=O) groups excluding carboxylic acids is 1. The van der Waals surface area contributed by atoms with Gasteiger partial charge in [-0.05, 0) is 32.9 Å². The molecule has 1 atom stereocenters. The number of nitrogens with one attached hydrogen (secondary N) is 1. The average molecular weight is 269 g/mol. The molecule has 0 aliphatic carbocycles. The molecule has 1 unspecified atom stereocenters. The minimum atomic E-state index is -0.421. The maximum atomic E-state index is 13.6. The summed E-state index contributed by atoms with van der Waals surface area (Å²) in [4.78, 5) is 11.3. The Bertz CT molecular complexity index is 423. The Morgan fingerprint density at radius 3 is 2.68 bits per heavy atom. The zero-order chi connectivity index (χ0) is 14.3. The minimum Gasteiger partial charge on any atom is -0.491 e. The quantitative estimate of drug-likeness (QED) is 0.773. The van der Waals surface area contributed by atoms with E-state index >= 15 is 0 Å². The second-order valence-electron chi connectivity index (χ2n) is 4.13. The number of benzene rings is 1. The van der Waals surface area contributed by atoms with Crippen LogP contribution in [-0.4, -0.2) is 25.2 Å². The van der Waals surface area contributed by atoms with E-state index in [9.17, 15) is 9.18 Å². The molecule has 4 nitrogen and oxygen atoms in total. The highest BCUT2D eigenvalue weighted by Crippen LogP contribution is 2.21. The molecular formula is C14H20FNO3. The second kappa shape index (κ2) is 7.61. The first kappa shape index (κ1) is 15.3. The Morgan fingerprint density at radius 1 is 1.37 bits per heavy atom. The summed E-state index contributed by atoms with van der Waals surface area (Å²) in [6.07, 6.45) is 0.239. The largest absolute Gasteiger partial charge is 0.491 e. The number of halogens is 1. The summed E-state index contributed by atoms with van der Waals surface area (Å²) in [5.74, 6) is -0.463. The summed E-state index contributed by atoms with van der Waals surface area (Å²) in [6.45, 7) is 6.18. The van der Waals surface area contributed by atoms with Crippen molar-refractivity contribution in [3.63, 3.8) is 0 Å². The number of anilines is 1. The standard InChI is InChI=1S/C14H20FNO3/c1-4-18-13-7-6-11(9-12(13)15)16-10(3)8-14(17)19-5-2/h6-7,9-10,16H,4-5,8H2,1-3H3. The van der Waals surface area contributed by atoms with E-state index in [2.05, 4.69) is 5.32 Å². The van der Waals surface area contributed by atoms with Gasteiger partial charge in [-0.2, -0.15) is 0 Å². The van der Waals surface area contributed by atoms with E-state index in [1.165, 1.54) is 6.07 Å². The van der Waals surface area contributed by atoms with Gasteiger partial charge < -0.3 is 14.8 Å². The van der Waals surface area contributed by atoms with Crippen molar-refractivity contribution in [3.8, 4) is 5.75 Å². The van der Waals surface area contributed by atoms with Gasteiger partial charge in [0.2, 0.25) is 0 Å². The maximum Gasteiger partial charge on any atom is 0.307 e. The molecule has 5 heteroatoms. The average Bonchev–Trinajstić information content (AvgIpc) is 2.32. The van der Waals surface area contributed by atoms with Gasteiger partial charge in [-0.25, -0.2) is 4.39 Å². The van der Waals surface area contributed by atoms with Gasteiger partial charge in [0.05, 0.1) is 19.6 Å². The maximum absolute atomic E-state index is 13.6. The van der Waals surface area contributed by atoms with Gasteiger partial charge in [-0.3, -0.25) is 4.79 Å². The van der Waals surface area contributed by atoms with E-state index in [-0.39, 0.29) is 24.2 Å². The molecule has 0 fully saturated rings. The summed E-state index contributed by atoms with van der Waals surface area (Å²) in [5.41, 5.74) is 0.609. The Hall–Kier alpha value is -1.78. The van der Waals surface area contributed by atoms with Crippen LogP contribution in [0.1, 0.15) is 27.2 Å². The van der Waals surface area contributed by atoms with E-state index in [1.807, 2.05) is 6.92 Å². The fraction of sp³-hybridized carbons (Fsp3) is 0.500. The van der Waals surface area contributed by atoms with Crippen molar-refractivity contribution < 1.29 is 18.7 Å². The van der Waals surface area contributed by atoms with Crippen LogP contribution in [0, 0.1) is 5.82 Å². The van der Waals surface area contributed by atoms with Crippen molar-refractivity contribution in [2.75, 3.05) is 18.5 Å². The lowest BCUT2D eigenvalue weighted by Gasteiger charge is -2.15. The van der Waals surface area contributed by atoms with Gasteiger partial charge in [0.15, 0.2) is 11.6 Å². The second-order valence-corrected chi connectivity index (χ2v) is 4.13. The number of hydrogen-bond acceptors (Lipinski definition) is 4. The molecule has 0 aromatic heterocycles. The molecule has 0 heterocycles. The van der Waals surface area contributed by atoms with Gasteiger partial charge in [0, 0.05) is 17.8 Å². The van der Waals surface area contributed by atoms with Crippen LogP contribution in [0.25, 0.3) is 0 Å². The SMILES string of the molecule is CCOC(=O)CC(C)Nc1ccc(OCC)c(F)c1. The summed E-state index contributed by atoms with van der Waals surface area (Å²) >= 11 is 0. The molecule has 0 saturated heterocycles. The number of esters is 1. The smallest absolute Gasteiger partial charge is 0.307 e. The lowest BCUT2D eigenvalue weighted by Crippen LogP contribution is -2.21. The third-order valence-electron chi connectivity index (χ3n) is 2.42. The van der Waals surface area contributed by atoms with Crippen LogP contribution in [0.15, 0.2) is 18.2 Å². The molecule has 1 aromatic carbocycles. The zero-order valence-corrected chi connectivity index (χ0v) is 11.5. The fourth-order valence-corrected chi connectivity index (χ4v) is 1.67. The first-order valence-corrected chi connectivity index (χ1v) is 6.41. The molecule has 0 aliphatic rings. The highest BCUT2D eigenvalue weighted by molar-refractivity contribution is 5.70. The molecule has 0 amide bonds. The molecule has 106 valence electrons. The number of ether oxygens (including phenoxy) is 2. The Morgan fingerprint density at radius 2 is 2.11 bits per heavy atom. The normalized spacial score (nSPS) is 11.8. The Balaban J connectivity index is 2.57. The van der Waals surface area contributed by atoms with Gasteiger partial charge >= 0.3 is 5.97 Å². The Labute approximate surface area is 112 Å². The van der Waals surface area contributed by atoms with Crippen molar-refractivity contribution in [1.29, 1.82) is 0 Å². The molecule has 0 radical (unpaired) electrons. The lowest BCUT2D eigenvalue weighted by atomic mass is 10.2. The van der Waals surface area contributed by atoms with E-state index in [0.29, 0.717) is 18.9 Å². The van der Waals surface area contributed by atoms with E-state index in [1.54, 1.807) is 26.0 Å². The number of carbonyl (C=O) groups is 1. The Kier molecular flexibility index (Phi) is 6.12. The predicted octanol–water partition coefficient (Wildman–Crippen LogP) is 2.98. The fourth-order valence-electron chi connectivity index (χ4n) is 1.67. The van der Waals surface area contributed by atoms with Gasteiger partial charge in [-0.1, -0.05) is 0 Å². The van der Waals surface area contributed by atoms with Gasteiger partial charge in [-0.15, -0.1) is 0 Å². The molecule has 1 aromatic rings. The minimum absolute atomic E-state index is 0.128. The molecule has 0 spiro atoms. The molecule has 1 rings (SSSR count). The summed E-state index contributed by atoms with van der Waals surface area (Å²) in [5, 5.41) is 3.04. The molecule has 0 aliphatic heterocycles. The first-order valence-electron chi connectivity index (χ1n) is 6.41.